The van der Waals surface area contributed by atoms with E-state index in [1.54, 1.807) is 0 Å². The molecule has 3 N–H and O–H groups in total. The van der Waals surface area contributed by atoms with E-state index in [0.29, 0.717) is 12.1 Å². The fraction of sp³-hybridized carbons (Fsp3) is 1.00. The zero-order valence-electron chi connectivity index (χ0n) is 14.1. The normalized spacial score (nSPS) is 15.8. The zero-order valence-corrected chi connectivity index (χ0v) is 15.1. The van der Waals surface area contributed by atoms with E-state index < -0.39 is 8.72 Å². The Morgan fingerprint density at radius 2 is 1.05 bits per heavy atom. The topological polar surface area (TPSA) is 39.3 Å². The van der Waals surface area contributed by atoms with E-state index in [1.807, 2.05) is 0 Å². The Morgan fingerprint density at radius 3 is 1.26 bits per heavy atom. The zero-order chi connectivity index (χ0) is 14.9. The largest absolute Gasteiger partial charge is 0.369 e. The van der Waals surface area contributed by atoms with E-state index in [-0.39, 0.29) is 0 Å². The van der Waals surface area contributed by atoms with Crippen LogP contribution in [-0.4, -0.2) is 45.0 Å². The van der Waals surface area contributed by atoms with Crippen molar-refractivity contribution in [1.82, 2.24) is 19.5 Å². The van der Waals surface area contributed by atoms with Gasteiger partial charge in [0, 0.05) is 12.1 Å². The monoisotopic (exact) mass is 288 g/mol. The van der Waals surface area contributed by atoms with Crippen molar-refractivity contribution in [3.05, 3.63) is 0 Å². The third-order valence-electron chi connectivity index (χ3n) is 3.82. The summed E-state index contributed by atoms with van der Waals surface area (Å²) >= 11 is 0. The van der Waals surface area contributed by atoms with E-state index in [9.17, 15) is 0 Å². The molecule has 0 fully saturated rings. The molecule has 0 aliphatic heterocycles. The van der Waals surface area contributed by atoms with Gasteiger partial charge in [-0.1, -0.05) is 48.5 Å². The summed E-state index contributed by atoms with van der Waals surface area (Å²) < 4.78 is 2.70. The van der Waals surface area contributed by atoms with Crippen LogP contribution in [0.1, 0.15) is 61.3 Å². The average Bonchev–Trinajstić information content (AvgIpc) is 2.39. The van der Waals surface area contributed by atoms with Crippen LogP contribution in [0.3, 0.4) is 0 Å². The lowest BCUT2D eigenvalue weighted by Crippen LogP contribution is -2.83. The molecule has 19 heavy (non-hydrogen) atoms. The van der Waals surface area contributed by atoms with Crippen molar-refractivity contribution in [2.24, 2.45) is 0 Å². The molecule has 0 heterocycles. The molecule has 0 aliphatic carbocycles. The number of rotatable bonds is 11. The van der Waals surface area contributed by atoms with Crippen LogP contribution < -0.4 is 14.9 Å². The summed E-state index contributed by atoms with van der Waals surface area (Å²) in [6.07, 6.45) is 2.36. The van der Waals surface area contributed by atoms with Crippen molar-refractivity contribution in [2.45, 2.75) is 73.4 Å². The van der Waals surface area contributed by atoms with Crippen LogP contribution in [0.15, 0.2) is 0 Å². The fourth-order valence-corrected chi connectivity index (χ4v) is 6.86. The lowest BCUT2D eigenvalue weighted by molar-refractivity contribution is 0.232. The molecule has 0 saturated heterocycles. The number of hydrogen-bond donors (Lipinski definition) is 3. The van der Waals surface area contributed by atoms with Crippen LogP contribution in [0.4, 0.5) is 0 Å². The van der Waals surface area contributed by atoms with Crippen molar-refractivity contribution < 1.29 is 0 Å². The van der Waals surface area contributed by atoms with Crippen molar-refractivity contribution >= 4 is 8.72 Å². The SMILES string of the molecule is CCN[Si](NCC)(NCC)N(C(C)CC)C(C)CC. The maximum absolute atomic E-state index is 3.77. The van der Waals surface area contributed by atoms with Crippen LogP contribution in [0.5, 0.6) is 0 Å². The first-order chi connectivity index (χ1) is 9.02. The van der Waals surface area contributed by atoms with Crippen molar-refractivity contribution in [2.75, 3.05) is 19.6 Å². The molecule has 0 amide bonds. The summed E-state index contributed by atoms with van der Waals surface area (Å²) in [7, 11) is -2.01. The van der Waals surface area contributed by atoms with Crippen LogP contribution in [-0.2, 0) is 0 Å². The van der Waals surface area contributed by atoms with Gasteiger partial charge in [0.2, 0.25) is 0 Å². The van der Waals surface area contributed by atoms with Gasteiger partial charge in [-0.15, -0.1) is 0 Å². The van der Waals surface area contributed by atoms with Gasteiger partial charge < -0.3 is 14.9 Å². The molecule has 0 radical (unpaired) electrons. The summed E-state index contributed by atoms with van der Waals surface area (Å²) in [4.78, 5) is 11.3. The van der Waals surface area contributed by atoms with Crippen molar-refractivity contribution in [3.63, 3.8) is 0 Å². The fourth-order valence-electron chi connectivity index (χ4n) is 2.72. The van der Waals surface area contributed by atoms with Gasteiger partial charge in [0.15, 0.2) is 0 Å². The lowest BCUT2D eigenvalue weighted by Gasteiger charge is -2.48. The molecule has 0 saturated carbocycles. The molecule has 2 unspecified atom stereocenters. The highest BCUT2D eigenvalue weighted by atomic mass is 28.4. The van der Waals surface area contributed by atoms with Gasteiger partial charge in [-0.25, -0.2) is 0 Å². The summed E-state index contributed by atoms with van der Waals surface area (Å²) in [5, 5.41) is 0. The molecule has 5 heteroatoms. The maximum Gasteiger partial charge on any atom is 0.369 e. The first kappa shape index (κ1) is 19.1. The third-order valence-corrected chi connectivity index (χ3v) is 8.07. The van der Waals surface area contributed by atoms with E-state index in [0.717, 1.165) is 19.6 Å². The highest BCUT2D eigenvalue weighted by Crippen LogP contribution is 2.16. The molecular formula is C14H36N4Si. The Kier molecular flexibility index (Phi) is 9.91. The standard InChI is InChI=1S/C14H36N4Si/c1-8-13(6)18(14(7)9-2)19(15-10-3,16-11-4)17-12-5/h13-17H,8-12H2,1-7H3. The summed E-state index contributed by atoms with van der Waals surface area (Å²) in [5.74, 6) is 0. The lowest BCUT2D eigenvalue weighted by atomic mass is 10.2. The minimum absolute atomic E-state index is 0.582. The van der Waals surface area contributed by atoms with Crippen LogP contribution >= 0.6 is 0 Å². The number of nitrogens with zero attached hydrogens (tertiary/aromatic N) is 1. The highest BCUT2D eigenvalue weighted by Gasteiger charge is 2.43. The Labute approximate surface area is 122 Å². The summed E-state index contributed by atoms with van der Waals surface area (Å²) in [6, 6.07) is 1.16. The van der Waals surface area contributed by atoms with Crippen LogP contribution in [0.25, 0.3) is 0 Å². The van der Waals surface area contributed by atoms with E-state index in [1.165, 1.54) is 12.8 Å². The van der Waals surface area contributed by atoms with Gasteiger partial charge in [0.05, 0.1) is 0 Å². The number of nitrogens with one attached hydrogen (secondary N) is 3. The second kappa shape index (κ2) is 9.88. The summed E-state index contributed by atoms with van der Waals surface area (Å²) in [6.45, 7) is 18.8. The Bertz CT molecular complexity index is 198. The quantitative estimate of drug-likeness (QED) is 0.510. The molecule has 0 rings (SSSR count). The molecule has 0 aromatic heterocycles. The van der Waals surface area contributed by atoms with Crippen LogP contribution in [0, 0.1) is 0 Å². The van der Waals surface area contributed by atoms with E-state index >= 15 is 0 Å². The minimum Gasteiger partial charge on any atom is -0.301 e. The number of hydrogen-bond acceptors (Lipinski definition) is 4. The Balaban J connectivity index is 5.40. The van der Waals surface area contributed by atoms with Gasteiger partial charge in [-0.3, -0.25) is 4.57 Å². The Morgan fingerprint density at radius 1 is 0.737 bits per heavy atom. The average molecular weight is 289 g/mol. The molecule has 0 aliphatic rings. The molecule has 0 spiro atoms. The predicted octanol–water partition coefficient (Wildman–Crippen LogP) is 2.15. The molecule has 0 aromatic carbocycles. The molecule has 0 bridgehead atoms. The molecule has 0 aromatic rings. The first-order valence-corrected chi connectivity index (χ1v) is 10.0. The predicted molar refractivity (Wildman–Crippen MR) is 88.1 cm³/mol. The molecule has 2 atom stereocenters. The smallest absolute Gasteiger partial charge is 0.301 e. The van der Waals surface area contributed by atoms with Gasteiger partial charge in [0.1, 0.15) is 0 Å². The van der Waals surface area contributed by atoms with Gasteiger partial charge in [-0.2, -0.15) is 0 Å². The Hall–Kier alpha value is 0.0569. The second-order valence-electron chi connectivity index (χ2n) is 5.22. The third kappa shape index (κ3) is 5.15. The maximum atomic E-state index is 3.77. The van der Waals surface area contributed by atoms with Crippen LogP contribution in [0.2, 0.25) is 0 Å². The molecule has 4 nitrogen and oxygen atoms in total. The van der Waals surface area contributed by atoms with Gasteiger partial charge >= 0.3 is 8.72 Å². The van der Waals surface area contributed by atoms with E-state index in [4.69, 9.17) is 0 Å². The highest BCUT2D eigenvalue weighted by molar-refractivity contribution is 6.70. The first-order valence-electron chi connectivity index (χ1n) is 8.06. The van der Waals surface area contributed by atoms with Gasteiger partial charge in [0.25, 0.3) is 0 Å². The van der Waals surface area contributed by atoms with E-state index in [2.05, 4.69) is 68.0 Å². The summed E-state index contributed by atoms with van der Waals surface area (Å²) in [5.41, 5.74) is 0. The van der Waals surface area contributed by atoms with Crippen molar-refractivity contribution in [3.8, 4) is 0 Å². The van der Waals surface area contributed by atoms with Crippen molar-refractivity contribution in [1.29, 1.82) is 0 Å². The minimum atomic E-state index is -2.01. The second-order valence-corrected chi connectivity index (χ2v) is 8.22. The molecular weight excluding hydrogens is 252 g/mol. The van der Waals surface area contributed by atoms with Gasteiger partial charge in [-0.05, 0) is 32.5 Å². The molecule has 116 valence electrons.